The Morgan fingerprint density at radius 3 is 2.80 bits per heavy atom. The third-order valence-electron chi connectivity index (χ3n) is 3.39. The molecule has 2 rings (SSSR count). The molecule has 112 valence electrons. The highest BCUT2D eigenvalue weighted by molar-refractivity contribution is 5.90. The van der Waals surface area contributed by atoms with Crippen LogP contribution in [0.15, 0.2) is 24.3 Å². The zero-order chi connectivity index (χ0) is 13.7. The van der Waals surface area contributed by atoms with Crippen LogP contribution in [0.3, 0.4) is 0 Å². The van der Waals surface area contributed by atoms with Crippen LogP contribution in [-0.4, -0.2) is 43.0 Å². The minimum absolute atomic E-state index is 0. The van der Waals surface area contributed by atoms with Gasteiger partial charge in [0.15, 0.2) is 0 Å². The van der Waals surface area contributed by atoms with E-state index in [0.717, 1.165) is 26.2 Å². The number of halogens is 2. The Hall–Kier alpha value is -1.17. The molecule has 4 nitrogen and oxygen atoms in total. The van der Waals surface area contributed by atoms with Crippen molar-refractivity contribution in [1.29, 1.82) is 0 Å². The molecule has 1 aliphatic rings. The zero-order valence-corrected chi connectivity index (χ0v) is 12.4. The van der Waals surface area contributed by atoms with Crippen LogP contribution in [0.2, 0.25) is 0 Å². The largest absolute Gasteiger partial charge is 0.326 e. The van der Waals surface area contributed by atoms with Gasteiger partial charge in [-0.15, -0.1) is 12.4 Å². The molecule has 1 aromatic rings. The number of amides is 1. The fourth-order valence-electron chi connectivity index (χ4n) is 2.22. The highest BCUT2D eigenvalue weighted by atomic mass is 35.5. The van der Waals surface area contributed by atoms with Crippen LogP contribution in [-0.2, 0) is 4.79 Å². The van der Waals surface area contributed by atoms with Gasteiger partial charge in [-0.25, -0.2) is 4.39 Å². The summed E-state index contributed by atoms with van der Waals surface area (Å²) >= 11 is 0. The van der Waals surface area contributed by atoms with Gasteiger partial charge in [0.05, 0.1) is 0 Å². The second-order valence-corrected chi connectivity index (χ2v) is 4.89. The van der Waals surface area contributed by atoms with Crippen molar-refractivity contribution < 1.29 is 9.18 Å². The van der Waals surface area contributed by atoms with E-state index in [1.807, 2.05) is 0 Å². The lowest BCUT2D eigenvalue weighted by atomic mass is 10.2. The summed E-state index contributed by atoms with van der Waals surface area (Å²) in [5.41, 5.74) is 0.639. The normalized spacial score (nSPS) is 19.2. The SMILES string of the molecule is C[C@H]1CNCCN1CCC(=O)Nc1ccc(F)cc1.Cl. The monoisotopic (exact) mass is 301 g/mol. The van der Waals surface area contributed by atoms with Gasteiger partial charge in [-0.2, -0.15) is 0 Å². The number of rotatable bonds is 4. The molecule has 1 atom stereocenters. The van der Waals surface area contributed by atoms with Gasteiger partial charge in [-0.05, 0) is 31.2 Å². The number of carbonyl (C=O) groups is 1. The maximum atomic E-state index is 12.7. The maximum absolute atomic E-state index is 12.7. The third-order valence-corrected chi connectivity index (χ3v) is 3.39. The Balaban J connectivity index is 0.00000200. The number of benzene rings is 1. The Morgan fingerprint density at radius 1 is 1.45 bits per heavy atom. The molecule has 1 aromatic carbocycles. The van der Waals surface area contributed by atoms with E-state index in [0.29, 0.717) is 18.2 Å². The van der Waals surface area contributed by atoms with Crippen molar-refractivity contribution in [1.82, 2.24) is 10.2 Å². The number of hydrogen-bond acceptors (Lipinski definition) is 3. The lowest BCUT2D eigenvalue weighted by Gasteiger charge is -2.33. The van der Waals surface area contributed by atoms with E-state index in [9.17, 15) is 9.18 Å². The van der Waals surface area contributed by atoms with E-state index in [-0.39, 0.29) is 24.1 Å². The van der Waals surface area contributed by atoms with Crippen LogP contribution < -0.4 is 10.6 Å². The number of nitrogens with zero attached hydrogens (tertiary/aromatic N) is 1. The van der Waals surface area contributed by atoms with Crippen LogP contribution in [0.4, 0.5) is 10.1 Å². The maximum Gasteiger partial charge on any atom is 0.225 e. The third kappa shape index (κ3) is 5.07. The summed E-state index contributed by atoms with van der Waals surface area (Å²) < 4.78 is 12.7. The quantitative estimate of drug-likeness (QED) is 0.892. The lowest BCUT2D eigenvalue weighted by molar-refractivity contribution is -0.116. The summed E-state index contributed by atoms with van der Waals surface area (Å²) in [7, 11) is 0. The van der Waals surface area contributed by atoms with Crippen molar-refractivity contribution in [2.75, 3.05) is 31.5 Å². The molecule has 0 radical (unpaired) electrons. The topological polar surface area (TPSA) is 44.4 Å². The summed E-state index contributed by atoms with van der Waals surface area (Å²) in [4.78, 5) is 14.1. The molecule has 2 N–H and O–H groups in total. The molecule has 0 spiro atoms. The van der Waals surface area contributed by atoms with Gasteiger partial charge in [0.2, 0.25) is 5.91 Å². The molecule has 1 heterocycles. The smallest absolute Gasteiger partial charge is 0.225 e. The van der Waals surface area contributed by atoms with Crippen molar-refractivity contribution in [3.05, 3.63) is 30.1 Å². The van der Waals surface area contributed by atoms with Crippen molar-refractivity contribution in [3.8, 4) is 0 Å². The molecule has 1 amide bonds. The average molecular weight is 302 g/mol. The van der Waals surface area contributed by atoms with Gasteiger partial charge in [0.25, 0.3) is 0 Å². The highest BCUT2D eigenvalue weighted by Crippen LogP contribution is 2.09. The Kier molecular flexibility index (Phi) is 6.91. The van der Waals surface area contributed by atoms with Gasteiger partial charge in [-0.3, -0.25) is 9.69 Å². The molecule has 0 unspecified atom stereocenters. The van der Waals surface area contributed by atoms with Crippen LogP contribution >= 0.6 is 12.4 Å². The fourth-order valence-corrected chi connectivity index (χ4v) is 2.22. The summed E-state index contributed by atoms with van der Waals surface area (Å²) in [6, 6.07) is 6.29. The van der Waals surface area contributed by atoms with E-state index in [1.165, 1.54) is 12.1 Å². The minimum Gasteiger partial charge on any atom is -0.326 e. The number of hydrogen-bond donors (Lipinski definition) is 2. The van der Waals surface area contributed by atoms with Crippen molar-refractivity contribution >= 4 is 24.0 Å². The van der Waals surface area contributed by atoms with Gasteiger partial charge in [-0.1, -0.05) is 0 Å². The van der Waals surface area contributed by atoms with Gasteiger partial charge >= 0.3 is 0 Å². The van der Waals surface area contributed by atoms with Crippen LogP contribution in [0.25, 0.3) is 0 Å². The molecule has 0 bridgehead atoms. The Bertz CT molecular complexity index is 427. The standard InChI is InChI=1S/C14H20FN3O.ClH/c1-11-10-16-7-9-18(11)8-6-14(19)17-13-4-2-12(15)3-5-13;/h2-5,11,16H,6-10H2,1H3,(H,17,19);1H/t11-;/m0./s1. The number of nitrogens with one attached hydrogen (secondary N) is 2. The first-order chi connectivity index (χ1) is 9.15. The van der Waals surface area contributed by atoms with E-state index in [1.54, 1.807) is 12.1 Å². The molecule has 6 heteroatoms. The van der Waals surface area contributed by atoms with Gasteiger partial charge < -0.3 is 10.6 Å². The van der Waals surface area contributed by atoms with E-state index in [2.05, 4.69) is 22.5 Å². The Morgan fingerprint density at radius 2 is 2.15 bits per heavy atom. The molecule has 1 saturated heterocycles. The highest BCUT2D eigenvalue weighted by Gasteiger charge is 2.18. The molecule has 0 aromatic heterocycles. The molecule has 0 saturated carbocycles. The number of anilines is 1. The predicted molar refractivity (Wildman–Crippen MR) is 80.8 cm³/mol. The van der Waals surface area contributed by atoms with Crippen molar-refractivity contribution in [2.45, 2.75) is 19.4 Å². The summed E-state index contributed by atoms with van der Waals surface area (Å²) in [6.45, 7) is 5.84. The lowest BCUT2D eigenvalue weighted by Crippen LogP contribution is -2.50. The van der Waals surface area contributed by atoms with Crippen LogP contribution in [0.5, 0.6) is 0 Å². The fraction of sp³-hybridized carbons (Fsp3) is 0.500. The second-order valence-electron chi connectivity index (χ2n) is 4.89. The molecule has 1 aliphatic heterocycles. The molecular formula is C14H21ClFN3O. The number of piperazine rings is 1. The summed E-state index contributed by atoms with van der Waals surface area (Å²) in [5, 5.41) is 6.10. The summed E-state index contributed by atoms with van der Waals surface area (Å²) in [5.74, 6) is -0.329. The molecule has 1 fully saturated rings. The van der Waals surface area contributed by atoms with Crippen LogP contribution in [0.1, 0.15) is 13.3 Å². The van der Waals surface area contributed by atoms with E-state index >= 15 is 0 Å². The second kappa shape index (κ2) is 8.19. The first kappa shape index (κ1) is 16.9. The Labute approximate surface area is 125 Å². The van der Waals surface area contributed by atoms with Gasteiger partial charge in [0.1, 0.15) is 5.82 Å². The molecule has 0 aliphatic carbocycles. The average Bonchev–Trinajstić information content (AvgIpc) is 2.40. The predicted octanol–water partition coefficient (Wildman–Crippen LogP) is 1.87. The van der Waals surface area contributed by atoms with Crippen LogP contribution in [0, 0.1) is 5.82 Å². The molecular weight excluding hydrogens is 281 g/mol. The minimum atomic E-state index is -0.298. The first-order valence-electron chi connectivity index (χ1n) is 6.65. The van der Waals surface area contributed by atoms with Crippen molar-refractivity contribution in [3.63, 3.8) is 0 Å². The molecule has 20 heavy (non-hydrogen) atoms. The van der Waals surface area contributed by atoms with E-state index < -0.39 is 0 Å². The van der Waals surface area contributed by atoms with E-state index in [4.69, 9.17) is 0 Å². The summed E-state index contributed by atoms with van der Waals surface area (Å²) in [6.07, 6.45) is 0.460. The first-order valence-corrected chi connectivity index (χ1v) is 6.65. The number of carbonyl (C=O) groups excluding carboxylic acids is 1. The van der Waals surface area contributed by atoms with Crippen molar-refractivity contribution in [2.24, 2.45) is 0 Å². The van der Waals surface area contributed by atoms with Gasteiger partial charge in [0, 0.05) is 44.3 Å². The zero-order valence-electron chi connectivity index (χ0n) is 11.6.